The minimum Gasteiger partial charge on any atom is -0.426 e. The summed E-state index contributed by atoms with van der Waals surface area (Å²) in [4.78, 5) is 16.8. The maximum absolute atomic E-state index is 13.1. The van der Waals surface area contributed by atoms with Crippen LogP contribution in [0.3, 0.4) is 0 Å². The number of benzene rings is 4. The van der Waals surface area contributed by atoms with Crippen LogP contribution in [-0.2, 0) is 22.1 Å². The molecule has 2 N–H and O–H groups in total. The van der Waals surface area contributed by atoms with E-state index in [1.165, 1.54) is 14.7 Å². The first-order valence-electron chi connectivity index (χ1n) is 11.5. The van der Waals surface area contributed by atoms with Crippen molar-refractivity contribution < 1.29 is 9.53 Å². The molecule has 0 aliphatic heterocycles. The van der Waals surface area contributed by atoms with Gasteiger partial charge in [0, 0.05) is 10.7 Å². The molecule has 0 aliphatic rings. The van der Waals surface area contributed by atoms with Gasteiger partial charge in [0.2, 0.25) is 0 Å². The minimum atomic E-state index is -0.241. The van der Waals surface area contributed by atoms with Crippen LogP contribution in [0.5, 0.6) is 5.75 Å². The Balaban J connectivity index is 1.53. The van der Waals surface area contributed by atoms with Crippen molar-refractivity contribution in [3.8, 4) is 5.75 Å². The van der Waals surface area contributed by atoms with Gasteiger partial charge >= 0.3 is 5.97 Å². The fourth-order valence-electron chi connectivity index (χ4n) is 3.84. The van der Waals surface area contributed by atoms with E-state index >= 15 is 0 Å². The van der Waals surface area contributed by atoms with Gasteiger partial charge in [-0.1, -0.05) is 43.3 Å². The third kappa shape index (κ3) is 6.57. The van der Waals surface area contributed by atoms with E-state index in [1.54, 1.807) is 0 Å². The molecule has 0 aromatic heterocycles. The van der Waals surface area contributed by atoms with E-state index in [4.69, 9.17) is 10.5 Å². The normalized spacial score (nSPS) is 11.9. The lowest BCUT2D eigenvalue weighted by Crippen LogP contribution is -2.23. The Kier molecular flexibility index (Phi) is 9.98. The topological polar surface area (TPSA) is 52.3 Å². The number of ether oxygens (including phenoxy) is 1. The molecule has 0 fully saturated rings. The van der Waals surface area contributed by atoms with Crippen LogP contribution in [0.4, 0.5) is 5.69 Å². The number of esters is 1. The number of nitrogens with two attached hydrogens (primary N) is 1. The van der Waals surface area contributed by atoms with Crippen LogP contribution in [0.1, 0.15) is 18.9 Å². The first-order valence-corrected chi connectivity index (χ1v) is 15.9. The third-order valence-corrected chi connectivity index (χ3v) is 11.1. The standard InChI is InChI=1S/C29H25I3NO2S/c1-2-19(17-24-25(30)18-26(31)28(33)27(24)32)29(34)35-20-13-15-23(16-14-20)36(21-9-5-3-6-10-21)22-11-7-4-8-12-22/h3-16,18-19H,2,17,33H2,1H3/q+1. The number of carbonyl (C=O) groups is 1. The molecular formula is C29H25I3NO2S+. The summed E-state index contributed by atoms with van der Waals surface area (Å²) < 4.78 is 9.03. The molecule has 4 rings (SSSR count). The predicted molar refractivity (Wildman–Crippen MR) is 174 cm³/mol. The monoisotopic (exact) mass is 832 g/mol. The van der Waals surface area contributed by atoms with Gasteiger partial charge in [0.05, 0.1) is 22.5 Å². The molecular weight excluding hydrogens is 807 g/mol. The Morgan fingerprint density at radius 3 is 1.89 bits per heavy atom. The molecule has 1 atom stereocenters. The van der Waals surface area contributed by atoms with Crippen LogP contribution in [0.2, 0.25) is 0 Å². The maximum atomic E-state index is 13.1. The summed E-state index contributed by atoms with van der Waals surface area (Å²) in [7, 11) is -0.237. The van der Waals surface area contributed by atoms with Crippen LogP contribution in [-0.4, -0.2) is 5.97 Å². The molecule has 4 aromatic carbocycles. The summed E-state index contributed by atoms with van der Waals surface area (Å²) in [6.45, 7) is 2.02. The lowest BCUT2D eigenvalue weighted by Gasteiger charge is -2.18. The molecule has 4 aromatic rings. The van der Waals surface area contributed by atoms with Gasteiger partial charge in [-0.25, -0.2) is 0 Å². The third-order valence-electron chi connectivity index (χ3n) is 5.81. The van der Waals surface area contributed by atoms with E-state index in [1.807, 2.05) is 31.2 Å². The molecule has 0 saturated carbocycles. The van der Waals surface area contributed by atoms with Crippen LogP contribution in [0.25, 0.3) is 0 Å². The molecule has 1 unspecified atom stereocenters. The lowest BCUT2D eigenvalue weighted by molar-refractivity contribution is -0.139. The van der Waals surface area contributed by atoms with E-state index in [0.29, 0.717) is 18.6 Å². The second-order valence-corrected chi connectivity index (χ2v) is 13.6. The molecule has 0 radical (unpaired) electrons. The van der Waals surface area contributed by atoms with E-state index in [9.17, 15) is 4.79 Å². The van der Waals surface area contributed by atoms with Gasteiger partial charge in [-0.15, -0.1) is 0 Å². The lowest BCUT2D eigenvalue weighted by atomic mass is 9.96. The van der Waals surface area contributed by atoms with Crippen molar-refractivity contribution in [3.05, 3.63) is 107 Å². The Morgan fingerprint density at radius 1 is 0.833 bits per heavy atom. The fraction of sp³-hybridized carbons (Fsp3) is 0.138. The van der Waals surface area contributed by atoms with Crippen LogP contribution in [0.15, 0.2) is 106 Å². The molecule has 0 heterocycles. The smallest absolute Gasteiger partial charge is 0.314 e. The first-order chi connectivity index (χ1) is 17.4. The second-order valence-electron chi connectivity index (χ2n) is 8.18. The van der Waals surface area contributed by atoms with Gasteiger partial charge in [-0.3, -0.25) is 4.79 Å². The number of hydrogen-bond acceptors (Lipinski definition) is 3. The summed E-state index contributed by atoms with van der Waals surface area (Å²) in [5, 5.41) is 0. The summed E-state index contributed by atoms with van der Waals surface area (Å²) in [5.41, 5.74) is 8.15. The highest BCUT2D eigenvalue weighted by Crippen LogP contribution is 2.33. The molecule has 0 spiro atoms. The predicted octanol–water partition coefficient (Wildman–Crippen LogP) is 8.35. The van der Waals surface area contributed by atoms with Crippen LogP contribution >= 0.6 is 67.8 Å². The van der Waals surface area contributed by atoms with Gasteiger partial charge in [-0.05, 0) is 141 Å². The van der Waals surface area contributed by atoms with Gasteiger partial charge < -0.3 is 10.5 Å². The summed E-state index contributed by atoms with van der Waals surface area (Å²) in [5.74, 6) is 0.118. The summed E-state index contributed by atoms with van der Waals surface area (Å²) in [6.07, 6.45) is 1.30. The second kappa shape index (κ2) is 13.0. The maximum Gasteiger partial charge on any atom is 0.314 e. The number of carbonyl (C=O) groups excluding carboxylic acids is 1. The van der Waals surface area contributed by atoms with Crippen molar-refractivity contribution in [2.45, 2.75) is 34.5 Å². The number of rotatable bonds is 8. The number of anilines is 1. The number of halogens is 3. The highest BCUT2D eigenvalue weighted by Gasteiger charge is 2.29. The largest absolute Gasteiger partial charge is 0.426 e. The Hall–Kier alpha value is -1.31. The zero-order chi connectivity index (χ0) is 25.7. The van der Waals surface area contributed by atoms with Crippen molar-refractivity contribution in [2.24, 2.45) is 5.92 Å². The van der Waals surface area contributed by atoms with Gasteiger partial charge in [0.15, 0.2) is 14.7 Å². The molecule has 3 nitrogen and oxygen atoms in total. The van der Waals surface area contributed by atoms with Gasteiger partial charge in [0.1, 0.15) is 5.75 Å². The van der Waals surface area contributed by atoms with Crippen molar-refractivity contribution >= 4 is 90.3 Å². The van der Waals surface area contributed by atoms with Crippen LogP contribution in [0, 0.1) is 16.6 Å². The Morgan fingerprint density at radius 2 is 1.36 bits per heavy atom. The quantitative estimate of drug-likeness (QED) is 0.0639. The minimum absolute atomic E-state index is 0.209. The van der Waals surface area contributed by atoms with E-state index < -0.39 is 0 Å². The number of hydrogen-bond donors (Lipinski definition) is 1. The van der Waals surface area contributed by atoms with Crippen LogP contribution < -0.4 is 10.5 Å². The molecule has 0 aliphatic carbocycles. The molecule has 0 bridgehead atoms. The fourth-order valence-corrected chi connectivity index (χ4v) is 9.74. The molecule has 36 heavy (non-hydrogen) atoms. The average Bonchev–Trinajstić information content (AvgIpc) is 2.90. The van der Waals surface area contributed by atoms with Gasteiger partial charge in [-0.2, -0.15) is 0 Å². The van der Waals surface area contributed by atoms with E-state index in [2.05, 4.69) is 135 Å². The van der Waals surface area contributed by atoms with Gasteiger partial charge in [0.25, 0.3) is 0 Å². The first kappa shape index (κ1) is 27.7. The molecule has 0 amide bonds. The highest BCUT2D eigenvalue weighted by atomic mass is 127. The van der Waals surface area contributed by atoms with Crippen molar-refractivity contribution in [1.29, 1.82) is 0 Å². The van der Waals surface area contributed by atoms with E-state index in [0.717, 1.165) is 22.0 Å². The van der Waals surface area contributed by atoms with Crippen molar-refractivity contribution in [2.75, 3.05) is 5.73 Å². The Labute approximate surface area is 256 Å². The van der Waals surface area contributed by atoms with E-state index in [-0.39, 0.29) is 22.8 Å². The van der Waals surface area contributed by atoms with Crippen molar-refractivity contribution in [3.63, 3.8) is 0 Å². The SMILES string of the molecule is CCC(Cc1c(I)cc(I)c(N)c1I)C(=O)Oc1ccc([S+](c2ccccc2)c2ccccc2)cc1. The Bertz CT molecular complexity index is 1290. The highest BCUT2D eigenvalue weighted by molar-refractivity contribution is 14.1. The average molecular weight is 832 g/mol. The molecule has 7 heteroatoms. The molecule has 0 saturated heterocycles. The zero-order valence-corrected chi connectivity index (χ0v) is 26.9. The summed E-state index contributed by atoms with van der Waals surface area (Å²) >= 11 is 6.87. The van der Waals surface area contributed by atoms with Crippen molar-refractivity contribution in [1.82, 2.24) is 0 Å². The number of nitrogen functional groups attached to an aromatic ring is 1. The zero-order valence-electron chi connectivity index (χ0n) is 19.6. The summed E-state index contributed by atoms with van der Waals surface area (Å²) in [6, 6.07) is 31.0. The molecule has 184 valence electrons.